The lowest BCUT2D eigenvalue weighted by atomic mass is 9.93. The summed E-state index contributed by atoms with van der Waals surface area (Å²) in [7, 11) is 0. The van der Waals surface area contributed by atoms with Gasteiger partial charge in [-0.2, -0.15) is 0 Å². The molecule has 2 atom stereocenters. The van der Waals surface area contributed by atoms with Crippen molar-refractivity contribution in [3.8, 4) is 0 Å². The first-order chi connectivity index (χ1) is 7.50. The zero-order valence-corrected chi connectivity index (χ0v) is 10.9. The Morgan fingerprint density at radius 3 is 2.69 bits per heavy atom. The van der Waals surface area contributed by atoms with Gasteiger partial charge in [-0.15, -0.1) is 0 Å². The van der Waals surface area contributed by atoms with Gasteiger partial charge in [0.05, 0.1) is 6.10 Å². The fourth-order valence-corrected chi connectivity index (χ4v) is 2.14. The highest BCUT2D eigenvalue weighted by molar-refractivity contribution is 5.78. The highest BCUT2D eigenvalue weighted by Gasteiger charge is 2.30. The molecule has 1 rings (SSSR count). The van der Waals surface area contributed by atoms with Crippen molar-refractivity contribution in [1.29, 1.82) is 0 Å². The summed E-state index contributed by atoms with van der Waals surface area (Å²) in [5.74, 6) is 1.62. The number of aliphatic imine (C=N–C) groups is 1. The van der Waals surface area contributed by atoms with Gasteiger partial charge in [0, 0.05) is 25.1 Å². The smallest absolute Gasteiger partial charge is 0.188 e. The molecule has 4 nitrogen and oxygen atoms in total. The molecule has 0 amide bonds. The van der Waals surface area contributed by atoms with Gasteiger partial charge in [0.2, 0.25) is 0 Å². The number of hydrogen-bond donors (Lipinski definition) is 2. The predicted molar refractivity (Wildman–Crippen MR) is 67.4 cm³/mol. The zero-order valence-electron chi connectivity index (χ0n) is 10.9. The van der Waals surface area contributed by atoms with Crippen LogP contribution >= 0.6 is 0 Å². The van der Waals surface area contributed by atoms with Crippen molar-refractivity contribution in [2.45, 2.75) is 46.3 Å². The van der Waals surface area contributed by atoms with Crippen molar-refractivity contribution >= 4 is 5.96 Å². The molecule has 0 radical (unpaired) electrons. The van der Waals surface area contributed by atoms with Gasteiger partial charge >= 0.3 is 0 Å². The largest absolute Gasteiger partial charge is 0.378 e. The van der Waals surface area contributed by atoms with E-state index in [-0.39, 0.29) is 0 Å². The van der Waals surface area contributed by atoms with E-state index in [2.05, 4.69) is 38.0 Å². The minimum Gasteiger partial charge on any atom is -0.378 e. The van der Waals surface area contributed by atoms with Crippen LogP contribution in [0.2, 0.25) is 0 Å². The van der Waals surface area contributed by atoms with Crippen LogP contribution in [0.1, 0.15) is 34.1 Å². The monoisotopic (exact) mass is 227 g/mol. The van der Waals surface area contributed by atoms with Gasteiger partial charge in [0.1, 0.15) is 0 Å². The van der Waals surface area contributed by atoms with E-state index < -0.39 is 0 Å². The van der Waals surface area contributed by atoms with Crippen LogP contribution in [0.15, 0.2) is 4.99 Å². The Morgan fingerprint density at radius 2 is 2.12 bits per heavy atom. The van der Waals surface area contributed by atoms with E-state index in [1.54, 1.807) is 0 Å². The molecule has 1 aliphatic heterocycles. The van der Waals surface area contributed by atoms with E-state index in [0.29, 0.717) is 29.9 Å². The van der Waals surface area contributed by atoms with Crippen LogP contribution in [0.3, 0.4) is 0 Å². The van der Waals surface area contributed by atoms with Crippen LogP contribution in [0.4, 0.5) is 0 Å². The van der Waals surface area contributed by atoms with E-state index in [9.17, 15) is 0 Å². The fraction of sp³-hybridized carbons (Fsp3) is 0.917. The van der Waals surface area contributed by atoms with E-state index in [1.165, 1.54) is 0 Å². The zero-order chi connectivity index (χ0) is 12.1. The number of nitrogens with zero attached hydrogens (tertiary/aromatic N) is 1. The van der Waals surface area contributed by atoms with E-state index >= 15 is 0 Å². The first-order valence-corrected chi connectivity index (χ1v) is 6.18. The molecule has 1 heterocycles. The summed E-state index contributed by atoms with van der Waals surface area (Å²) in [4.78, 5) is 4.38. The van der Waals surface area contributed by atoms with Crippen molar-refractivity contribution in [3.05, 3.63) is 0 Å². The van der Waals surface area contributed by atoms with Crippen molar-refractivity contribution < 1.29 is 4.74 Å². The second-order valence-electron chi connectivity index (χ2n) is 5.15. The highest BCUT2D eigenvalue weighted by Crippen LogP contribution is 2.26. The molecule has 0 spiro atoms. The lowest BCUT2D eigenvalue weighted by Crippen LogP contribution is -2.37. The maximum atomic E-state index is 5.77. The molecule has 1 aliphatic rings. The minimum atomic E-state index is 0.337. The van der Waals surface area contributed by atoms with Gasteiger partial charge in [0.25, 0.3) is 0 Å². The average Bonchev–Trinajstić information content (AvgIpc) is 2.61. The number of rotatable bonds is 4. The van der Waals surface area contributed by atoms with Crippen LogP contribution in [0.25, 0.3) is 0 Å². The molecular formula is C12H25N3O. The van der Waals surface area contributed by atoms with Crippen LogP contribution in [-0.2, 0) is 4.74 Å². The van der Waals surface area contributed by atoms with Crippen LogP contribution in [0, 0.1) is 11.8 Å². The Hall–Kier alpha value is -0.770. The van der Waals surface area contributed by atoms with E-state index in [0.717, 1.165) is 19.6 Å². The number of guanidine groups is 1. The maximum absolute atomic E-state index is 5.77. The number of nitrogens with two attached hydrogens (primary N) is 1. The molecule has 94 valence electrons. The van der Waals surface area contributed by atoms with Gasteiger partial charge in [-0.3, -0.25) is 4.99 Å². The van der Waals surface area contributed by atoms with Crippen molar-refractivity contribution in [3.63, 3.8) is 0 Å². The Morgan fingerprint density at radius 1 is 1.44 bits per heavy atom. The first kappa shape index (κ1) is 13.3. The highest BCUT2D eigenvalue weighted by atomic mass is 16.5. The van der Waals surface area contributed by atoms with E-state index in [4.69, 9.17) is 10.5 Å². The van der Waals surface area contributed by atoms with Gasteiger partial charge < -0.3 is 15.8 Å². The summed E-state index contributed by atoms with van der Waals surface area (Å²) in [6.07, 6.45) is 1.44. The molecular weight excluding hydrogens is 202 g/mol. The third kappa shape index (κ3) is 4.00. The van der Waals surface area contributed by atoms with Crippen molar-refractivity contribution in [2.75, 3.05) is 13.2 Å². The number of nitrogens with one attached hydrogen (secondary N) is 1. The maximum Gasteiger partial charge on any atom is 0.188 e. The SMILES string of the molecule is CC(C)NC(N)=NCC1CCOC1C(C)C. The normalized spacial score (nSPS) is 26.8. The molecule has 0 bridgehead atoms. The summed E-state index contributed by atoms with van der Waals surface area (Å²) in [5.41, 5.74) is 5.77. The van der Waals surface area contributed by atoms with Gasteiger partial charge in [-0.1, -0.05) is 13.8 Å². The average molecular weight is 227 g/mol. The summed E-state index contributed by atoms with van der Waals surface area (Å²) < 4.78 is 5.71. The quantitative estimate of drug-likeness (QED) is 0.563. The molecule has 0 aromatic rings. The van der Waals surface area contributed by atoms with Crippen molar-refractivity contribution in [1.82, 2.24) is 5.32 Å². The molecule has 16 heavy (non-hydrogen) atoms. The lowest BCUT2D eigenvalue weighted by Gasteiger charge is -2.20. The number of hydrogen-bond acceptors (Lipinski definition) is 2. The molecule has 0 aromatic carbocycles. The number of ether oxygens (including phenoxy) is 1. The Balaban J connectivity index is 2.41. The van der Waals surface area contributed by atoms with Crippen LogP contribution in [0.5, 0.6) is 0 Å². The van der Waals surface area contributed by atoms with Gasteiger partial charge in [-0.25, -0.2) is 0 Å². The molecule has 4 heteroatoms. The molecule has 0 saturated carbocycles. The van der Waals surface area contributed by atoms with E-state index in [1.807, 2.05) is 0 Å². The molecule has 1 saturated heterocycles. The second kappa shape index (κ2) is 6.09. The third-order valence-corrected chi connectivity index (χ3v) is 2.85. The molecule has 1 fully saturated rings. The standard InChI is InChI=1S/C12H25N3O/c1-8(2)11-10(5-6-16-11)7-14-12(13)15-9(3)4/h8-11H,5-7H2,1-4H3,(H3,13,14,15). The first-order valence-electron chi connectivity index (χ1n) is 6.18. The summed E-state index contributed by atoms with van der Waals surface area (Å²) in [6, 6.07) is 0.337. The Bertz CT molecular complexity index is 238. The van der Waals surface area contributed by atoms with Crippen molar-refractivity contribution in [2.24, 2.45) is 22.6 Å². The topological polar surface area (TPSA) is 59.6 Å². The molecule has 2 unspecified atom stereocenters. The third-order valence-electron chi connectivity index (χ3n) is 2.85. The minimum absolute atomic E-state index is 0.337. The van der Waals surface area contributed by atoms with Gasteiger partial charge in [-0.05, 0) is 26.2 Å². The molecule has 0 aliphatic carbocycles. The fourth-order valence-electron chi connectivity index (χ4n) is 2.14. The molecule has 3 N–H and O–H groups in total. The summed E-state index contributed by atoms with van der Waals surface area (Å²) >= 11 is 0. The van der Waals surface area contributed by atoms with Crippen LogP contribution in [-0.4, -0.2) is 31.3 Å². The van der Waals surface area contributed by atoms with Gasteiger partial charge in [0.15, 0.2) is 5.96 Å². The summed E-state index contributed by atoms with van der Waals surface area (Å²) in [5, 5.41) is 3.10. The molecule has 0 aromatic heterocycles. The Kier molecular flexibility index (Phi) is 5.06. The second-order valence-corrected chi connectivity index (χ2v) is 5.15. The van der Waals surface area contributed by atoms with Crippen LogP contribution < -0.4 is 11.1 Å². The Labute approximate surface area is 98.6 Å². The predicted octanol–water partition coefficient (Wildman–Crippen LogP) is 1.36. The lowest BCUT2D eigenvalue weighted by molar-refractivity contribution is 0.0559. The summed E-state index contributed by atoms with van der Waals surface area (Å²) in [6.45, 7) is 10.1.